The summed E-state index contributed by atoms with van der Waals surface area (Å²) < 4.78 is 46.2. The number of halogens is 1. The molecule has 2 aliphatic rings. The van der Waals surface area contributed by atoms with Crippen LogP contribution in [0, 0.1) is 5.82 Å². The number of carbonyl (C=O) groups is 2. The van der Waals surface area contributed by atoms with E-state index in [4.69, 9.17) is 4.74 Å². The highest BCUT2D eigenvalue weighted by Crippen LogP contribution is 2.38. The van der Waals surface area contributed by atoms with E-state index in [1.807, 2.05) is 0 Å². The van der Waals surface area contributed by atoms with Crippen LogP contribution in [0.2, 0.25) is 0 Å². The lowest BCUT2D eigenvalue weighted by Gasteiger charge is -2.27. The van der Waals surface area contributed by atoms with E-state index in [9.17, 15) is 22.4 Å². The van der Waals surface area contributed by atoms with Gasteiger partial charge in [0.15, 0.2) is 0 Å². The maximum atomic E-state index is 13.3. The molecule has 1 aromatic carbocycles. The highest BCUT2D eigenvalue weighted by molar-refractivity contribution is 7.91. The highest BCUT2D eigenvalue weighted by Gasteiger charge is 2.37. The molecule has 0 radical (unpaired) electrons. The largest absolute Gasteiger partial charge is 0.465 e. The molecule has 0 atom stereocenters. The molecular weight excluding hydrogens is 455 g/mol. The molecule has 172 valence electrons. The first-order chi connectivity index (χ1) is 15.3. The summed E-state index contributed by atoms with van der Waals surface area (Å²) in [6.45, 7) is 1.48. The topological polar surface area (TPSA) is 84.0 Å². The van der Waals surface area contributed by atoms with Gasteiger partial charge in [-0.2, -0.15) is 4.31 Å². The monoisotopic (exact) mass is 480 g/mol. The summed E-state index contributed by atoms with van der Waals surface area (Å²) >= 11 is 1.06. The van der Waals surface area contributed by atoms with E-state index in [2.05, 4.69) is 0 Å². The summed E-state index contributed by atoms with van der Waals surface area (Å²) in [5.74, 6) is -1.15. The molecule has 2 aliphatic heterocycles. The van der Waals surface area contributed by atoms with Gasteiger partial charge in [0.1, 0.15) is 10.0 Å². The Morgan fingerprint density at radius 2 is 1.78 bits per heavy atom. The van der Waals surface area contributed by atoms with Crippen molar-refractivity contribution in [1.29, 1.82) is 0 Å². The van der Waals surface area contributed by atoms with Crippen molar-refractivity contribution in [1.82, 2.24) is 9.21 Å². The molecule has 1 saturated heterocycles. The Morgan fingerprint density at radius 1 is 1.09 bits per heavy atom. The van der Waals surface area contributed by atoms with Crippen molar-refractivity contribution >= 4 is 33.2 Å². The molecule has 0 unspecified atom stereocenters. The molecule has 0 spiro atoms. The quantitative estimate of drug-likeness (QED) is 0.615. The predicted molar refractivity (Wildman–Crippen MR) is 117 cm³/mol. The van der Waals surface area contributed by atoms with Crippen LogP contribution in [0.15, 0.2) is 28.5 Å². The number of piperidine rings is 1. The number of methoxy groups -OCH3 is 1. The van der Waals surface area contributed by atoms with Crippen LogP contribution in [0.4, 0.5) is 4.39 Å². The second kappa shape index (κ2) is 9.29. The number of sulfonamides is 1. The van der Waals surface area contributed by atoms with Crippen molar-refractivity contribution in [2.45, 2.75) is 42.9 Å². The van der Waals surface area contributed by atoms with E-state index >= 15 is 0 Å². The molecule has 0 N–H and O–H groups in total. The van der Waals surface area contributed by atoms with Gasteiger partial charge in [0.2, 0.25) is 5.91 Å². The molecule has 2 aromatic rings. The lowest BCUT2D eigenvalue weighted by Crippen LogP contribution is -2.37. The Kier molecular flexibility index (Phi) is 6.64. The van der Waals surface area contributed by atoms with Gasteiger partial charge < -0.3 is 9.64 Å². The second-order valence-electron chi connectivity index (χ2n) is 7.99. The number of thiophene rings is 1. The minimum Gasteiger partial charge on any atom is -0.465 e. The lowest BCUT2D eigenvalue weighted by atomic mass is 10.0. The van der Waals surface area contributed by atoms with Crippen LogP contribution in [-0.2, 0) is 38.9 Å². The third-order valence-corrected chi connectivity index (χ3v) is 9.54. The fraction of sp³-hybridized carbons (Fsp3) is 0.455. The van der Waals surface area contributed by atoms with E-state index in [1.54, 1.807) is 17.0 Å². The maximum Gasteiger partial charge on any atom is 0.340 e. The zero-order valence-electron chi connectivity index (χ0n) is 17.8. The number of carbonyl (C=O) groups excluding carboxylic acids is 2. The number of esters is 1. The number of fused-ring (bicyclic) bond motifs is 1. The molecule has 1 fully saturated rings. The van der Waals surface area contributed by atoms with E-state index in [0.717, 1.165) is 30.6 Å². The first-order valence-electron chi connectivity index (χ1n) is 10.6. The Hall–Kier alpha value is -2.30. The number of rotatable bonds is 5. The summed E-state index contributed by atoms with van der Waals surface area (Å²) in [6.07, 6.45) is 3.08. The summed E-state index contributed by atoms with van der Waals surface area (Å²) in [6, 6.07) is 5.78. The zero-order valence-corrected chi connectivity index (χ0v) is 19.4. The Labute approximate surface area is 190 Å². The normalized spacial score (nSPS) is 17.1. The third kappa shape index (κ3) is 4.44. The second-order valence-corrected chi connectivity index (χ2v) is 11.2. The average Bonchev–Trinajstić information content (AvgIpc) is 3.20. The minimum atomic E-state index is -3.82. The first kappa shape index (κ1) is 22.9. The van der Waals surface area contributed by atoms with Crippen molar-refractivity contribution in [3.05, 3.63) is 51.7 Å². The SMILES string of the molecule is COC(=O)c1c(S(=O)(=O)N2CCCCC2)sc2c1CCN(C(=O)Cc1ccc(F)cc1)C2. The minimum absolute atomic E-state index is 0.0177. The van der Waals surface area contributed by atoms with Crippen molar-refractivity contribution in [3.8, 4) is 0 Å². The molecule has 0 saturated carbocycles. The van der Waals surface area contributed by atoms with Crippen LogP contribution in [0.5, 0.6) is 0 Å². The third-order valence-electron chi connectivity index (χ3n) is 5.92. The molecule has 0 bridgehead atoms. The number of benzene rings is 1. The Bertz CT molecular complexity index is 1120. The highest BCUT2D eigenvalue weighted by atomic mass is 32.2. The number of ether oxygens (including phenoxy) is 1. The molecule has 0 aliphatic carbocycles. The molecule has 4 rings (SSSR count). The fourth-order valence-electron chi connectivity index (χ4n) is 4.19. The molecule has 1 amide bonds. The Balaban J connectivity index is 1.61. The van der Waals surface area contributed by atoms with Gasteiger partial charge in [-0.25, -0.2) is 17.6 Å². The first-order valence-corrected chi connectivity index (χ1v) is 12.8. The van der Waals surface area contributed by atoms with Gasteiger partial charge in [0, 0.05) is 24.5 Å². The maximum absolute atomic E-state index is 13.3. The van der Waals surface area contributed by atoms with Gasteiger partial charge in [-0.3, -0.25) is 4.79 Å². The van der Waals surface area contributed by atoms with Gasteiger partial charge in [0.05, 0.1) is 25.6 Å². The summed E-state index contributed by atoms with van der Waals surface area (Å²) in [7, 11) is -2.58. The van der Waals surface area contributed by atoms with Crippen LogP contribution in [0.25, 0.3) is 0 Å². The van der Waals surface area contributed by atoms with Gasteiger partial charge in [-0.15, -0.1) is 11.3 Å². The van der Waals surface area contributed by atoms with Crippen LogP contribution < -0.4 is 0 Å². The van der Waals surface area contributed by atoms with Crippen molar-refractivity contribution in [2.24, 2.45) is 0 Å². The summed E-state index contributed by atoms with van der Waals surface area (Å²) in [4.78, 5) is 27.7. The van der Waals surface area contributed by atoms with Gasteiger partial charge in [-0.1, -0.05) is 18.6 Å². The molecule has 10 heteroatoms. The average molecular weight is 481 g/mol. The standard InChI is InChI=1S/C22H25FN2O5S2/c1-30-21(27)20-17-9-12-24(19(26)13-15-5-7-16(23)8-6-15)14-18(17)31-22(20)32(28,29)25-10-3-2-4-11-25/h5-8H,2-4,9-14H2,1H3. The van der Waals surface area contributed by atoms with Gasteiger partial charge >= 0.3 is 5.97 Å². The molecule has 1 aromatic heterocycles. The van der Waals surface area contributed by atoms with Crippen molar-refractivity contribution < 1.29 is 27.1 Å². The number of hydrogen-bond acceptors (Lipinski definition) is 6. The summed E-state index contributed by atoms with van der Waals surface area (Å²) in [5, 5.41) is 0. The zero-order chi connectivity index (χ0) is 22.9. The van der Waals surface area contributed by atoms with Gasteiger partial charge in [0.25, 0.3) is 10.0 Å². The molecule has 32 heavy (non-hydrogen) atoms. The number of nitrogens with zero attached hydrogens (tertiary/aromatic N) is 2. The predicted octanol–water partition coefficient (Wildman–Crippen LogP) is 2.98. The van der Waals surface area contributed by atoms with E-state index in [1.165, 1.54) is 23.5 Å². The van der Waals surface area contributed by atoms with Crippen LogP contribution in [0.3, 0.4) is 0 Å². The molecule has 3 heterocycles. The van der Waals surface area contributed by atoms with E-state index in [-0.39, 0.29) is 34.5 Å². The number of hydrogen-bond donors (Lipinski definition) is 0. The van der Waals surface area contributed by atoms with Gasteiger partial charge in [-0.05, 0) is 42.5 Å². The van der Waals surface area contributed by atoms with E-state index < -0.39 is 16.0 Å². The smallest absolute Gasteiger partial charge is 0.340 e. The number of amides is 1. The van der Waals surface area contributed by atoms with Crippen molar-refractivity contribution in [3.63, 3.8) is 0 Å². The summed E-state index contributed by atoms with van der Waals surface area (Å²) in [5.41, 5.74) is 1.48. The van der Waals surface area contributed by atoms with Crippen molar-refractivity contribution in [2.75, 3.05) is 26.7 Å². The Morgan fingerprint density at radius 3 is 2.44 bits per heavy atom. The van der Waals surface area contributed by atoms with Crippen LogP contribution in [0.1, 0.15) is 45.6 Å². The lowest BCUT2D eigenvalue weighted by molar-refractivity contribution is -0.131. The molecular formula is C22H25FN2O5S2. The fourth-order valence-corrected chi connectivity index (χ4v) is 7.75. The molecule has 7 nitrogen and oxygen atoms in total. The van der Waals surface area contributed by atoms with Crippen LogP contribution in [-0.4, -0.2) is 56.2 Å². The van der Waals surface area contributed by atoms with Crippen LogP contribution >= 0.6 is 11.3 Å². The van der Waals surface area contributed by atoms with E-state index in [0.29, 0.717) is 42.1 Å².